The van der Waals surface area contributed by atoms with Crippen LogP contribution in [0, 0.1) is 0 Å². The number of carbonyl (C=O) groups excluding carboxylic acids is 2. The third-order valence-electron chi connectivity index (χ3n) is 6.57. The van der Waals surface area contributed by atoms with Gasteiger partial charge in [-0.05, 0) is 58.3 Å². The Morgan fingerprint density at radius 1 is 1.24 bits per heavy atom. The number of hydroxylamine groups is 2. The topological polar surface area (TPSA) is 248 Å². The van der Waals surface area contributed by atoms with Crippen LogP contribution >= 0.6 is 11.3 Å². The first-order chi connectivity index (χ1) is 21.5. The van der Waals surface area contributed by atoms with E-state index in [4.69, 9.17) is 19.9 Å². The van der Waals surface area contributed by atoms with Gasteiger partial charge in [-0.2, -0.15) is 13.5 Å². The molecule has 0 spiro atoms. The number of ether oxygens (including phenoxy) is 1. The van der Waals surface area contributed by atoms with E-state index < -0.39 is 58.2 Å². The second-order valence-electron chi connectivity index (χ2n) is 10.7. The Balaban J connectivity index is 1.45. The molecular weight excluding hydrogens is 648 g/mol. The van der Waals surface area contributed by atoms with Gasteiger partial charge in [0.05, 0.1) is 11.1 Å². The number of aliphatic carboxylic acids is 1. The van der Waals surface area contributed by atoms with Crippen molar-refractivity contribution in [1.29, 1.82) is 0 Å². The molecule has 1 aromatic carbocycles. The van der Waals surface area contributed by atoms with Gasteiger partial charge in [0.2, 0.25) is 0 Å². The summed E-state index contributed by atoms with van der Waals surface area (Å²) in [6, 6.07) is 7.34. The molecule has 2 amide bonds. The fraction of sp³-hybridized carbons (Fsp3) is 0.385. The highest BCUT2D eigenvalue weighted by molar-refractivity contribution is 7.80. The van der Waals surface area contributed by atoms with Crippen LogP contribution < -0.4 is 21.1 Å². The molecule has 0 bridgehead atoms. The quantitative estimate of drug-likeness (QED) is 0.0628. The van der Waals surface area contributed by atoms with Crippen molar-refractivity contribution in [2.24, 2.45) is 5.16 Å². The minimum atomic E-state index is -5.02. The monoisotopic (exact) mass is 680 g/mol. The van der Waals surface area contributed by atoms with Crippen LogP contribution in [-0.4, -0.2) is 113 Å². The molecule has 1 unspecified atom stereocenters. The average Bonchev–Trinajstić information content (AvgIpc) is 3.40. The van der Waals surface area contributed by atoms with E-state index in [1.807, 2.05) is 31.1 Å². The number of carboxylic acids is 1. The second-order valence-corrected chi connectivity index (χ2v) is 12.6. The highest BCUT2D eigenvalue weighted by Gasteiger charge is 2.58. The number of nitrogens with zero attached hydrogens (tertiary/aromatic N) is 5. The smallest absolute Gasteiger partial charge is 0.418 e. The molecule has 2 aromatic heterocycles. The van der Waals surface area contributed by atoms with Crippen LogP contribution in [0.5, 0.6) is 5.75 Å². The number of oxime groups is 1. The number of anilines is 2. The van der Waals surface area contributed by atoms with Crippen LogP contribution in [0.2, 0.25) is 0 Å². The van der Waals surface area contributed by atoms with Gasteiger partial charge < -0.3 is 35.9 Å². The van der Waals surface area contributed by atoms with Crippen LogP contribution in [-0.2, 0) is 33.9 Å². The number of fused-ring (bicyclic) bond motifs is 1. The number of benzene rings is 1. The lowest BCUT2D eigenvalue weighted by Crippen LogP contribution is -2.76. The summed E-state index contributed by atoms with van der Waals surface area (Å²) in [5, 5.41) is 21.6. The molecule has 46 heavy (non-hydrogen) atoms. The lowest BCUT2D eigenvalue weighted by Gasteiger charge is -2.50. The van der Waals surface area contributed by atoms with Crippen molar-refractivity contribution in [1.82, 2.24) is 25.2 Å². The van der Waals surface area contributed by atoms with Crippen molar-refractivity contribution < 1.29 is 46.3 Å². The fourth-order valence-corrected chi connectivity index (χ4v) is 5.16. The Kier molecular flexibility index (Phi) is 10.3. The van der Waals surface area contributed by atoms with E-state index in [9.17, 15) is 27.9 Å². The van der Waals surface area contributed by atoms with E-state index in [0.29, 0.717) is 28.7 Å². The molecule has 20 heteroatoms. The van der Waals surface area contributed by atoms with Gasteiger partial charge in [0, 0.05) is 23.9 Å². The summed E-state index contributed by atoms with van der Waals surface area (Å²) in [7, 11) is -1.07. The lowest BCUT2D eigenvalue weighted by atomic mass is 9.84. The van der Waals surface area contributed by atoms with Crippen LogP contribution in [0.1, 0.15) is 19.5 Å². The molecule has 0 radical (unpaired) electrons. The summed E-state index contributed by atoms with van der Waals surface area (Å²) in [5.74, 6) is -2.44. The first kappa shape index (κ1) is 34.2. The van der Waals surface area contributed by atoms with Crippen LogP contribution in [0.3, 0.4) is 0 Å². The first-order valence-electron chi connectivity index (χ1n) is 13.5. The SMILES string of the molecule is CN(C)CCNc1ccc2cc(OCC(O/N=C(\C(=O)N[C@@H]3C(=O)N(OS(=O)(=O)O)C3(C)C)c3csc(N)n3)C(=O)O)ccc2n1. The Bertz CT molecular complexity index is 1760. The summed E-state index contributed by atoms with van der Waals surface area (Å²) in [4.78, 5) is 53.5. The first-order valence-corrected chi connectivity index (χ1v) is 15.7. The van der Waals surface area contributed by atoms with Crippen LogP contribution in [0.15, 0.2) is 40.9 Å². The number of β-lactam (4-membered cyclic amide) rings is 1. The summed E-state index contributed by atoms with van der Waals surface area (Å²) in [6.07, 6.45) is -1.68. The van der Waals surface area contributed by atoms with Crippen molar-refractivity contribution in [2.75, 3.05) is 44.8 Å². The van der Waals surface area contributed by atoms with Gasteiger partial charge in [0.25, 0.3) is 17.9 Å². The normalized spacial score (nSPS) is 17.0. The van der Waals surface area contributed by atoms with Crippen molar-refractivity contribution in [3.05, 3.63) is 41.4 Å². The van der Waals surface area contributed by atoms with Crippen LogP contribution in [0.4, 0.5) is 10.9 Å². The van der Waals surface area contributed by atoms with Gasteiger partial charge in [-0.15, -0.1) is 15.6 Å². The third-order valence-corrected chi connectivity index (χ3v) is 7.59. The Hall–Kier alpha value is -4.63. The molecule has 0 aliphatic carbocycles. The van der Waals surface area contributed by atoms with Gasteiger partial charge in [0.1, 0.15) is 29.9 Å². The van der Waals surface area contributed by atoms with Crippen molar-refractivity contribution in [3.8, 4) is 5.75 Å². The van der Waals surface area contributed by atoms with E-state index in [1.54, 1.807) is 18.2 Å². The number of pyridine rings is 1. The summed E-state index contributed by atoms with van der Waals surface area (Å²) >= 11 is 0.959. The number of aromatic nitrogens is 2. The van der Waals surface area contributed by atoms with Crippen LogP contribution in [0.25, 0.3) is 10.9 Å². The van der Waals surface area contributed by atoms with E-state index >= 15 is 0 Å². The average molecular weight is 681 g/mol. The molecule has 1 aliphatic heterocycles. The van der Waals surface area contributed by atoms with E-state index in [-0.39, 0.29) is 10.8 Å². The number of rotatable bonds is 15. The predicted octanol–water partition coefficient (Wildman–Crippen LogP) is 0.340. The van der Waals surface area contributed by atoms with Crippen molar-refractivity contribution >= 4 is 67.1 Å². The predicted molar refractivity (Wildman–Crippen MR) is 165 cm³/mol. The minimum absolute atomic E-state index is 0.0589. The zero-order chi connectivity index (χ0) is 33.8. The van der Waals surface area contributed by atoms with Gasteiger partial charge in [-0.3, -0.25) is 14.1 Å². The van der Waals surface area contributed by atoms with Crippen molar-refractivity contribution in [3.63, 3.8) is 0 Å². The molecule has 2 atom stereocenters. The summed E-state index contributed by atoms with van der Waals surface area (Å²) < 4.78 is 41.0. The molecule has 1 fully saturated rings. The summed E-state index contributed by atoms with van der Waals surface area (Å²) in [6.45, 7) is 3.77. The second kappa shape index (κ2) is 13.8. The number of nitrogens with one attached hydrogen (secondary N) is 2. The highest BCUT2D eigenvalue weighted by Crippen LogP contribution is 2.33. The standard InChI is InChI=1S/C26H32N8O10S2/c1-26(2)21(23(36)34(26)44-46(39,40)41)31-22(35)20(17-13-45-25(27)30-17)32-43-18(24(37)38)12-42-15-6-7-16-14(11-15)5-8-19(29-16)28-9-10-33(3)4/h5-8,11,13,18,21H,9-10,12H2,1-4H3,(H2,27,30)(H,28,29)(H,31,35)(H,37,38)(H,39,40,41)/b32-20-/t18?,21-/m1/s1. The maximum absolute atomic E-state index is 13.2. The molecule has 248 valence electrons. The number of thiazole rings is 1. The third kappa shape index (κ3) is 8.34. The Morgan fingerprint density at radius 2 is 1.98 bits per heavy atom. The van der Waals surface area contributed by atoms with E-state index in [0.717, 1.165) is 23.3 Å². The van der Waals surface area contributed by atoms with Gasteiger partial charge >= 0.3 is 16.4 Å². The lowest BCUT2D eigenvalue weighted by molar-refractivity contribution is -0.218. The zero-order valence-corrected chi connectivity index (χ0v) is 26.7. The number of carbonyl (C=O) groups is 3. The highest BCUT2D eigenvalue weighted by atomic mass is 32.3. The number of nitrogen functional groups attached to an aromatic ring is 1. The van der Waals surface area contributed by atoms with E-state index in [2.05, 4.69) is 30.0 Å². The molecule has 6 N–H and O–H groups in total. The van der Waals surface area contributed by atoms with Gasteiger partial charge in [0.15, 0.2) is 10.8 Å². The number of hydrogen-bond acceptors (Lipinski definition) is 15. The largest absolute Gasteiger partial charge is 0.489 e. The van der Waals surface area contributed by atoms with Gasteiger partial charge in [-0.25, -0.2) is 14.8 Å². The number of nitrogens with two attached hydrogens (primary N) is 1. The Morgan fingerprint density at radius 3 is 2.59 bits per heavy atom. The zero-order valence-electron chi connectivity index (χ0n) is 25.0. The fourth-order valence-electron chi connectivity index (χ4n) is 4.15. The number of amides is 2. The van der Waals surface area contributed by atoms with Crippen molar-refractivity contribution in [2.45, 2.75) is 31.5 Å². The maximum atomic E-state index is 13.2. The minimum Gasteiger partial charge on any atom is -0.489 e. The molecule has 3 aromatic rings. The molecule has 18 nitrogen and oxygen atoms in total. The number of likely N-dealkylation sites (N-methyl/N-ethyl adjacent to an activating group) is 1. The van der Waals surface area contributed by atoms with E-state index in [1.165, 1.54) is 19.2 Å². The molecule has 4 rings (SSSR count). The number of carboxylic acid groups (broad SMARTS) is 1. The molecule has 1 saturated heterocycles. The Labute approximate surface area is 267 Å². The summed E-state index contributed by atoms with van der Waals surface area (Å²) in [5.41, 5.74) is 4.35. The number of hydrogen-bond donors (Lipinski definition) is 5. The molecular formula is C26H32N8O10S2. The molecule has 1 aliphatic rings. The maximum Gasteiger partial charge on any atom is 0.418 e. The molecule has 0 saturated carbocycles. The van der Waals surface area contributed by atoms with Gasteiger partial charge in [-0.1, -0.05) is 5.16 Å². The molecule has 3 heterocycles.